The summed E-state index contributed by atoms with van der Waals surface area (Å²) in [5.41, 5.74) is 3.68. The molecule has 158 valence electrons. The van der Waals surface area contributed by atoms with Crippen molar-refractivity contribution in [1.82, 2.24) is 24.7 Å². The fourth-order valence-corrected chi connectivity index (χ4v) is 4.56. The standard InChI is InChI=1S/C25H21N5OS/c1-16-9-8-10-18(15-16)23-28-29-25(30(23)19-11-4-3-5-12-19)32-17(2)22-26-21-14-7-6-13-20(21)24(31)27-22/h3-15,17H,1-2H3,(H,26,27,31). The second-order valence-corrected chi connectivity index (χ2v) is 8.88. The van der Waals surface area contributed by atoms with Crippen molar-refractivity contribution in [2.75, 3.05) is 0 Å². The highest BCUT2D eigenvalue weighted by Gasteiger charge is 2.20. The summed E-state index contributed by atoms with van der Waals surface area (Å²) in [7, 11) is 0. The highest BCUT2D eigenvalue weighted by molar-refractivity contribution is 7.99. The van der Waals surface area contributed by atoms with Crippen LogP contribution in [0, 0.1) is 6.92 Å². The summed E-state index contributed by atoms with van der Waals surface area (Å²) in [6.45, 7) is 4.07. The first kappa shape index (κ1) is 20.2. The quantitative estimate of drug-likeness (QED) is 0.375. The number of fused-ring (bicyclic) bond motifs is 1. The van der Waals surface area contributed by atoms with Gasteiger partial charge in [-0.3, -0.25) is 9.36 Å². The zero-order valence-electron chi connectivity index (χ0n) is 17.7. The number of aromatic nitrogens is 5. The molecule has 1 N–H and O–H groups in total. The van der Waals surface area contributed by atoms with E-state index < -0.39 is 0 Å². The molecule has 0 amide bonds. The van der Waals surface area contributed by atoms with Crippen molar-refractivity contribution in [3.63, 3.8) is 0 Å². The summed E-state index contributed by atoms with van der Waals surface area (Å²) in [4.78, 5) is 20.1. The van der Waals surface area contributed by atoms with Crippen LogP contribution in [0.15, 0.2) is 88.8 Å². The maximum atomic E-state index is 12.5. The molecule has 5 aromatic rings. The van der Waals surface area contributed by atoms with Gasteiger partial charge < -0.3 is 4.98 Å². The molecule has 3 aromatic carbocycles. The second-order valence-electron chi connectivity index (χ2n) is 7.58. The Morgan fingerprint density at radius 2 is 1.72 bits per heavy atom. The molecule has 0 fully saturated rings. The van der Waals surface area contributed by atoms with E-state index in [1.54, 1.807) is 6.07 Å². The third-order valence-corrected chi connectivity index (χ3v) is 6.27. The molecule has 7 heteroatoms. The summed E-state index contributed by atoms with van der Waals surface area (Å²) in [5.74, 6) is 1.38. The third-order valence-electron chi connectivity index (χ3n) is 5.22. The largest absolute Gasteiger partial charge is 0.309 e. The summed E-state index contributed by atoms with van der Waals surface area (Å²) < 4.78 is 2.05. The molecule has 0 aliphatic rings. The van der Waals surface area contributed by atoms with Crippen LogP contribution in [0.5, 0.6) is 0 Å². The lowest BCUT2D eigenvalue weighted by molar-refractivity contribution is 0.862. The fourth-order valence-electron chi connectivity index (χ4n) is 3.64. The van der Waals surface area contributed by atoms with Gasteiger partial charge in [-0.05, 0) is 44.2 Å². The Morgan fingerprint density at radius 3 is 2.53 bits per heavy atom. The number of hydrogen-bond acceptors (Lipinski definition) is 5. The number of H-pyrrole nitrogens is 1. The number of hydrogen-bond donors (Lipinski definition) is 1. The lowest BCUT2D eigenvalue weighted by atomic mass is 10.1. The van der Waals surface area contributed by atoms with Gasteiger partial charge in [0, 0.05) is 11.3 Å². The van der Waals surface area contributed by atoms with Crippen molar-refractivity contribution >= 4 is 22.7 Å². The SMILES string of the molecule is Cc1cccc(-c2nnc(SC(C)c3nc4ccccc4c(=O)[nH]3)n2-c2ccccc2)c1. The normalized spacial score (nSPS) is 12.2. The zero-order chi connectivity index (χ0) is 22.1. The van der Waals surface area contributed by atoms with Gasteiger partial charge in [0.1, 0.15) is 5.82 Å². The lowest BCUT2D eigenvalue weighted by Gasteiger charge is -2.14. The second kappa shape index (κ2) is 8.43. The predicted molar refractivity (Wildman–Crippen MR) is 128 cm³/mol. The molecule has 32 heavy (non-hydrogen) atoms. The molecule has 0 aliphatic heterocycles. The van der Waals surface area contributed by atoms with Crippen molar-refractivity contribution in [1.29, 1.82) is 0 Å². The van der Waals surface area contributed by atoms with Gasteiger partial charge in [0.25, 0.3) is 5.56 Å². The van der Waals surface area contributed by atoms with E-state index in [2.05, 4.69) is 43.8 Å². The molecular formula is C25H21N5OS. The lowest BCUT2D eigenvalue weighted by Crippen LogP contribution is -2.13. The van der Waals surface area contributed by atoms with E-state index in [1.165, 1.54) is 11.8 Å². The Kier molecular flexibility index (Phi) is 5.33. The Hall–Kier alpha value is -3.71. The molecular weight excluding hydrogens is 418 g/mol. The predicted octanol–water partition coefficient (Wildman–Crippen LogP) is 5.33. The average Bonchev–Trinajstić information content (AvgIpc) is 3.23. The average molecular weight is 440 g/mol. The summed E-state index contributed by atoms with van der Waals surface area (Å²) in [6, 6.07) is 25.6. The molecule has 0 saturated heterocycles. The summed E-state index contributed by atoms with van der Waals surface area (Å²) >= 11 is 1.51. The molecule has 1 atom stereocenters. The number of benzene rings is 3. The first-order valence-electron chi connectivity index (χ1n) is 10.3. The minimum absolute atomic E-state index is 0.135. The molecule has 5 rings (SSSR count). The molecule has 0 aliphatic carbocycles. The number of nitrogens with zero attached hydrogens (tertiary/aromatic N) is 4. The van der Waals surface area contributed by atoms with Crippen molar-refractivity contribution < 1.29 is 0 Å². The number of nitrogens with one attached hydrogen (secondary N) is 1. The van der Waals surface area contributed by atoms with Crippen LogP contribution in [0.3, 0.4) is 0 Å². The first-order chi connectivity index (χ1) is 15.6. The molecule has 6 nitrogen and oxygen atoms in total. The highest BCUT2D eigenvalue weighted by Crippen LogP contribution is 2.35. The molecule has 0 saturated carbocycles. The van der Waals surface area contributed by atoms with Gasteiger partial charge in [-0.15, -0.1) is 10.2 Å². The highest BCUT2D eigenvalue weighted by atomic mass is 32.2. The van der Waals surface area contributed by atoms with Crippen LogP contribution in [0.4, 0.5) is 0 Å². The molecule has 1 unspecified atom stereocenters. The maximum Gasteiger partial charge on any atom is 0.258 e. The number of para-hydroxylation sites is 2. The molecule has 2 aromatic heterocycles. The van der Waals surface area contributed by atoms with Crippen molar-refractivity contribution in [3.8, 4) is 17.1 Å². The van der Waals surface area contributed by atoms with Gasteiger partial charge in [-0.25, -0.2) is 4.98 Å². The Morgan fingerprint density at radius 1 is 0.938 bits per heavy atom. The number of thioether (sulfide) groups is 1. The monoisotopic (exact) mass is 439 g/mol. The Balaban J connectivity index is 1.57. The van der Waals surface area contributed by atoms with Crippen LogP contribution >= 0.6 is 11.8 Å². The maximum absolute atomic E-state index is 12.5. The van der Waals surface area contributed by atoms with Gasteiger partial charge in [0.2, 0.25) is 0 Å². The molecule has 0 bridgehead atoms. The van der Waals surface area contributed by atoms with E-state index in [-0.39, 0.29) is 10.8 Å². The Bertz CT molecular complexity index is 1460. The van der Waals surface area contributed by atoms with Gasteiger partial charge in [-0.1, -0.05) is 65.9 Å². The topological polar surface area (TPSA) is 76.5 Å². The smallest absolute Gasteiger partial charge is 0.258 e. The molecule has 2 heterocycles. The summed E-state index contributed by atoms with van der Waals surface area (Å²) in [6.07, 6.45) is 0. The molecule has 0 radical (unpaired) electrons. The minimum atomic E-state index is -0.136. The van der Waals surface area contributed by atoms with Crippen LogP contribution < -0.4 is 5.56 Å². The fraction of sp³-hybridized carbons (Fsp3) is 0.120. The van der Waals surface area contributed by atoms with Crippen LogP contribution in [-0.2, 0) is 0 Å². The summed E-state index contributed by atoms with van der Waals surface area (Å²) in [5, 5.41) is 10.2. The van der Waals surface area contributed by atoms with E-state index in [0.29, 0.717) is 16.7 Å². The van der Waals surface area contributed by atoms with E-state index in [4.69, 9.17) is 0 Å². The van der Waals surface area contributed by atoms with E-state index in [1.807, 2.05) is 67.6 Å². The van der Waals surface area contributed by atoms with Gasteiger partial charge >= 0.3 is 0 Å². The molecule has 0 spiro atoms. The van der Waals surface area contributed by atoms with E-state index in [9.17, 15) is 4.79 Å². The van der Waals surface area contributed by atoms with Crippen LogP contribution in [-0.4, -0.2) is 24.7 Å². The third kappa shape index (κ3) is 3.83. The van der Waals surface area contributed by atoms with E-state index >= 15 is 0 Å². The zero-order valence-corrected chi connectivity index (χ0v) is 18.5. The van der Waals surface area contributed by atoms with Crippen molar-refractivity contribution in [2.24, 2.45) is 0 Å². The number of rotatable bonds is 5. The minimum Gasteiger partial charge on any atom is -0.309 e. The number of aryl methyl sites for hydroxylation is 1. The van der Waals surface area contributed by atoms with Crippen LogP contribution in [0.25, 0.3) is 28.0 Å². The van der Waals surface area contributed by atoms with Gasteiger partial charge in [-0.2, -0.15) is 0 Å². The Labute approximate surface area is 189 Å². The van der Waals surface area contributed by atoms with Gasteiger partial charge in [0.15, 0.2) is 11.0 Å². The van der Waals surface area contributed by atoms with E-state index in [0.717, 1.165) is 27.8 Å². The van der Waals surface area contributed by atoms with Crippen LogP contribution in [0.2, 0.25) is 0 Å². The van der Waals surface area contributed by atoms with Gasteiger partial charge in [0.05, 0.1) is 16.2 Å². The first-order valence-corrected chi connectivity index (χ1v) is 11.2. The van der Waals surface area contributed by atoms with Crippen molar-refractivity contribution in [3.05, 3.63) is 101 Å². The van der Waals surface area contributed by atoms with Crippen molar-refractivity contribution in [2.45, 2.75) is 24.3 Å². The van der Waals surface area contributed by atoms with Crippen LogP contribution in [0.1, 0.15) is 23.6 Å². The number of aromatic amines is 1.